The molecule has 0 saturated carbocycles. The van der Waals surface area contributed by atoms with E-state index >= 15 is 0 Å². The van der Waals surface area contributed by atoms with Crippen molar-refractivity contribution in [2.75, 3.05) is 10.8 Å². The fraction of sp³-hybridized carbons (Fsp3) is 0.310. The van der Waals surface area contributed by atoms with Crippen LogP contribution in [0.2, 0.25) is 10.0 Å². The van der Waals surface area contributed by atoms with Crippen molar-refractivity contribution >= 4 is 50.7 Å². The number of nitrogens with one attached hydrogen (secondary N) is 1. The highest BCUT2D eigenvalue weighted by molar-refractivity contribution is 7.92. The zero-order valence-electron chi connectivity index (χ0n) is 22.5. The summed E-state index contributed by atoms with van der Waals surface area (Å²) in [6.45, 7) is 4.91. The summed E-state index contributed by atoms with van der Waals surface area (Å²) in [6.07, 6.45) is 0.966. The summed E-state index contributed by atoms with van der Waals surface area (Å²) in [7, 11) is -4.23. The number of hydrogen-bond acceptors (Lipinski definition) is 4. The number of benzene rings is 3. The van der Waals surface area contributed by atoms with Gasteiger partial charge in [-0.05, 0) is 73.9 Å². The van der Waals surface area contributed by atoms with Crippen LogP contribution in [-0.4, -0.2) is 43.8 Å². The van der Waals surface area contributed by atoms with E-state index in [-0.39, 0.29) is 40.5 Å². The number of sulfonamides is 1. The van der Waals surface area contributed by atoms with E-state index in [1.54, 1.807) is 43.3 Å². The highest BCUT2D eigenvalue weighted by Crippen LogP contribution is 2.27. The lowest BCUT2D eigenvalue weighted by molar-refractivity contribution is -0.140. The van der Waals surface area contributed by atoms with Crippen molar-refractivity contribution in [3.8, 4) is 0 Å². The summed E-state index contributed by atoms with van der Waals surface area (Å²) in [5.41, 5.74) is 0.710. The normalized spacial score (nSPS) is 12.8. The molecule has 1 N–H and O–H groups in total. The summed E-state index contributed by atoms with van der Waals surface area (Å²) in [4.78, 5) is 28.6. The molecule has 3 rings (SSSR count). The fourth-order valence-corrected chi connectivity index (χ4v) is 5.81. The number of rotatable bonds is 12. The third kappa shape index (κ3) is 7.74. The van der Waals surface area contributed by atoms with Gasteiger partial charge in [-0.25, -0.2) is 12.8 Å². The van der Waals surface area contributed by atoms with Gasteiger partial charge in [0.1, 0.15) is 18.4 Å². The van der Waals surface area contributed by atoms with Gasteiger partial charge in [0.15, 0.2) is 0 Å². The van der Waals surface area contributed by atoms with E-state index in [0.717, 1.165) is 16.4 Å². The first kappa shape index (κ1) is 31.4. The zero-order chi connectivity index (χ0) is 29.4. The first-order valence-electron chi connectivity index (χ1n) is 12.8. The Balaban J connectivity index is 2.06. The molecule has 0 radical (unpaired) electrons. The van der Waals surface area contributed by atoms with Crippen molar-refractivity contribution in [2.24, 2.45) is 0 Å². The molecule has 0 aromatic heterocycles. The molecule has 0 spiro atoms. The molecule has 3 aromatic rings. The predicted molar refractivity (Wildman–Crippen MR) is 156 cm³/mol. The minimum absolute atomic E-state index is 0.0230. The van der Waals surface area contributed by atoms with Gasteiger partial charge in [-0.1, -0.05) is 61.3 Å². The molecule has 7 nitrogen and oxygen atoms in total. The lowest BCUT2D eigenvalue weighted by Gasteiger charge is -2.33. The van der Waals surface area contributed by atoms with E-state index in [9.17, 15) is 22.4 Å². The molecule has 0 aliphatic rings. The van der Waals surface area contributed by atoms with E-state index in [4.69, 9.17) is 23.2 Å². The maximum Gasteiger partial charge on any atom is 0.264 e. The van der Waals surface area contributed by atoms with Gasteiger partial charge < -0.3 is 10.2 Å². The van der Waals surface area contributed by atoms with Crippen molar-refractivity contribution in [1.82, 2.24) is 10.2 Å². The maximum atomic E-state index is 14.0. The molecule has 2 atom stereocenters. The van der Waals surface area contributed by atoms with Gasteiger partial charge in [-0.2, -0.15) is 0 Å². The minimum atomic E-state index is -4.23. The van der Waals surface area contributed by atoms with Gasteiger partial charge in [-0.15, -0.1) is 0 Å². The lowest BCUT2D eigenvalue weighted by atomic mass is 10.1. The second-order valence-corrected chi connectivity index (χ2v) is 12.0. The lowest BCUT2D eigenvalue weighted by Crippen LogP contribution is -2.53. The SMILES string of the molecule is CC[C@H](C)NC(=O)[C@H](CC)N(Cc1ccc(Cl)c(Cl)c1)C(=O)CN(c1ccc(F)cc1)S(=O)(=O)c1ccccc1. The smallest absolute Gasteiger partial charge is 0.264 e. The quantitative estimate of drug-likeness (QED) is 0.271. The standard InChI is InChI=1S/C29H32Cl2FN3O4S/c1-4-20(3)33-29(37)27(5-2)34(18-21-11-16-25(30)26(31)17-21)28(36)19-35(23-14-12-22(32)13-15-23)40(38,39)24-9-7-6-8-10-24/h6-17,20,27H,4-5,18-19H2,1-3H3,(H,33,37)/t20-,27-/m0/s1. The van der Waals surface area contributed by atoms with Crippen LogP contribution in [0.1, 0.15) is 39.2 Å². The number of halogens is 3. The highest BCUT2D eigenvalue weighted by atomic mass is 35.5. The Kier molecular flexibility index (Phi) is 11.0. The summed E-state index contributed by atoms with van der Waals surface area (Å²) in [5.74, 6) is -1.54. The monoisotopic (exact) mass is 607 g/mol. The topological polar surface area (TPSA) is 86.8 Å². The molecule has 214 valence electrons. The predicted octanol–water partition coefficient (Wildman–Crippen LogP) is 6.05. The zero-order valence-corrected chi connectivity index (χ0v) is 24.8. The van der Waals surface area contributed by atoms with Gasteiger partial charge in [0, 0.05) is 12.6 Å². The van der Waals surface area contributed by atoms with Crippen LogP contribution in [-0.2, 0) is 26.2 Å². The van der Waals surface area contributed by atoms with E-state index < -0.39 is 34.3 Å². The summed E-state index contributed by atoms with van der Waals surface area (Å²) in [5, 5.41) is 3.53. The number of carbonyl (C=O) groups excluding carboxylic acids is 2. The minimum Gasteiger partial charge on any atom is -0.352 e. The van der Waals surface area contributed by atoms with Crippen LogP contribution in [0.4, 0.5) is 10.1 Å². The van der Waals surface area contributed by atoms with Crippen LogP contribution in [0.5, 0.6) is 0 Å². The Morgan fingerprint density at radius 3 is 2.15 bits per heavy atom. The third-order valence-corrected chi connectivity index (χ3v) is 8.98. The Labute approximate surface area is 244 Å². The van der Waals surface area contributed by atoms with Gasteiger partial charge in [0.25, 0.3) is 10.0 Å². The molecule has 0 unspecified atom stereocenters. The highest BCUT2D eigenvalue weighted by Gasteiger charge is 2.34. The van der Waals surface area contributed by atoms with Crippen LogP contribution >= 0.6 is 23.2 Å². The van der Waals surface area contributed by atoms with Crippen molar-refractivity contribution in [1.29, 1.82) is 0 Å². The molecule has 0 heterocycles. The van der Waals surface area contributed by atoms with Gasteiger partial charge in [-0.3, -0.25) is 13.9 Å². The first-order valence-corrected chi connectivity index (χ1v) is 15.0. The largest absolute Gasteiger partial charge is 0.352 e. The third-order valence-electron chi connectivity index (χ3n) is 6.45. The van der Waals surface area contributed by atoms with Crippen molar-refractivity contribution in [3.05, 3.63) is 94.2 Å². The van der Waals surface area contributed by atoms with Crippen LogP contribution in [0.3, 0.4) is 0 Å². The molecule has 40 heavy (non-hydrogen) atoms. The molecule has 0 aliphatic heterocycles. The number of nitrogens with zero attached hydrogens (tertiary/aromatic N) is 2. The first-order chi connectivity index (χ1) is 19.0. The van der Waals surface area contributed by atoms with Crippen molar-refractivity contribution in [3.63, 3.8) is 0 Å². The second kappa shape index (κ2) is 14.0. The van der Waals surface area contributed by atoms with Crippen LogP contribution in [0, 0.1) is 5.82 Å². The number of amides is 2. The molecule has 11 heteroatoms. The fourth-order valence-electron chi connectivity index (χ4n) is 4.05. The molecule has 2 amide bonds. The summed E-state index contributed by atoms with van der Waals surface area (Å²) >= 11 is 12.3. The average Bonchev–Trinajstić information content (AvgIpc) is 2.94. The maximum absolute atomic E-state index is 14.0. The van der Waals surface area contributed by atoms with E-state index in [1.165, 1.54) is 29.2 Å². The average molecular weight is 609 g/mol. The summed E-state index contributed by atoms with van der Waals surface area (Å²) in [6, 6.07) is 16.3. The second-order valence-electron chi connectivity index (χ2n) is 9.31. The number of anilines is 1. The molecule has 0 aliphatic carbocycles. The van der Waals surface area contributed by atoms with Gasteiger partial charge in [0.05, 0.1) is 20.6 Å². The molecular formula is C29H32Cl2FN3O4S. The van der Waals surface area contributed by atoms with Gasteiger partial charge in [0.2, 0.25) is 11.8 Å². The molecule has 0 bridgehead atoms. The molecular weight excluding hydrogens is 576 g/mol. The Hall–Kier alpha value is -3.14. The number of hydrogen-bond donors (Lipinski definition) is 1. The molecule has 0 fully saturated rings. The molecule has 3 aromatic carbocycles. The number of carbonyl (C=O) groups is 2. The van der Waals surface area contributed by atoms with Gasteiger partial charge >= 0.3 is 0 Å². The van der Waals surface area contributed by atoms with Crippen LogP contribution in [0.25, 0.3) is 0 Å². The van der Waals surface area contributed by atoms with E-state index in [1.807, 2.05) is 13.8 Å². The Morgan fingerprint density at radius 1 is 0.925 bits per heavy atom. The van der Waals surface area contributed by atoms with Crippen LogP contribution < -0.4 is 9.62 Å². The Morgan fingerprint density at radius 2 is 1.57 bits per heavy atom. The Bertz CT molecular complexity index is 1420. The molecule has 0 saturated heterocycles. The van der Waals surface area contributed by atoms with Crippen molar-refractivity contribution < 1.29 is 22.4 Å². The van der Waals surface area contributed by atoms with E-state index in [2.05, 4.69) is 5.32 Å². The summed E-state index contributed by atoms with van der Waals surface area (Å²) < 4.78 is 42.1. The van der Waals surface area contributed by atoms with E-state index in [0.29, 0.717) is 17.0 Å². The van der Waals surface area contributed by atoms with Crippen molar-refractivity contribution in [2.45, 2.75) is 57.1 Å². The van der Waals surface area contributed by atoms with Crippen LogP contribution in [0.15, 0.2) is 77.7 Å².